The average Bonchev–Trinajstić information content (AvgIpc) is 2.63. The van der Waals surface area contributed by atoms with Gasteiger partial charge in [-0.2, -0.15) is 0 Å². The highest BCUT2D eigenvalue weighted by Crippen LogP contribution is 2.35. The molecule has 1 N–H and O–H groups in total. The second-order valence-corrected chi connectivity index (χ2v) is 7.14. The molecule has 0 radical (unpaired) electrons. The average molecular weight is 324 g/mol. The van der Waals surface area contributed by atoms with E-state index >= 15 is 0 Å². The maximum absolute atomic E-state index is 12.4. The first-order valence-corrected chi connectivity index (χ1v) is 9.01. The van der Waals surface area contributed by atoms with Gasteiger partial charge in [-0.15, -0.1) is 0 Å². The zero-order valence-electron chi connectivity index (χ0n) is 14.0. The molecule has 2 heterocycles. The number of aliphatic imine (C=N–C) groups is 1. The summed E-state index contributed by atoms with van der Waals surface area (Å²) in [6.45, 7) is 1.50. The maximum Gasteiger partial charge on any atom is 0.168 e. The zero-order chi connectivity index (χ0) is 16.6. The van der Waals surface area contributed by atoms with E-state index in [1.807, 2.05) is 30.3 Å². The van der Waals surface area contributed by atoms with Gasteiger partial charge in [0.15, 0.2) is 5.78 Å². The molecule has 0 bridgehead atoms. The van der Waals surface area contributed by atoms with Gasteiger partial charge in [0, 0.05) is 24.4 Å². The number of aliphatic hydroxyl groups is 1. The number of likely N-dealkylation sites (tertiary alicyclic amines) is 1. The van der Waals surface area contributed by atoms with Gasteiger partial charge in [0.1, 0.15) is 5.84 Å². The Labute approximate surface area is 142 Å². The predicted molar refractivity (Wildman–Crippen MR) is 93.7 cm³/mol. The van der Waals surface area contributed by atoms with Gasteiger partial charge < -0.3 is 10.0 Å². The van der Waals surface area contributed by atoms with Gasteiger partial charge in [-0.3, -0.25) is 4.79 Å². The van der Waals surface area contributed by atoms with Crippen molar-refractivity contribution in [3.05, 3.63) is 47.2 Å². The molecule has 1 aromatic rings. The monoisotopic (exact) mass is 324 g/mol. The molecule has 126 valence electrons. The van der Waals surface area contributed by atoms with Crippen LogP contribution in [0.2, 0.25) is 0 Å². The topological polar surface area (TPSA) is 52.9 Å². The van der Waals surface area contributed by atoms with Crippen molar-refractivity contribution in [3.8, 4) is 0 Å². The van der Waals surface area contributed by atoms with Crippen molar-refractivity contribution in [2.45, 2.75) is 50.5 Å². The van der Waals surface area contributed by atoms with Crippen LogP contribution in [-0.2, 0) is 10.4 Å². The smallest absolute Gasteiger partial charge is 0.168 e. The van der Waals surface area contributed by atoms with E-state index < -0.39 is 5.60 Å². The fourth-order valence-corrected chi connectivity index (χ4v) is 4.11. The van der Waals surface area contributed by atoms with Gasteiger partial charge >= 0.3 is 0 Å². The van der Waals surface area contributed by atoms with Crippen LogP contribution in [0.15, 0.2) is 46.6 Å². The number of piperidine rings is 1. The second-order valence-electron chi connectivity index (χ2n) is 7.14. The quantitative estimate of drug-likeness (QED) is 0.863. The molecular weight excluding hydrogens is 300 g/mol. The summed E-state index contributed by atoms with van der Waals surface area (Å²) in [7, 11) is 0. The first-order chi connectivity index (χ1) is 11.7. The number of hydrogen-bond donors (Lipinski definition) is 1. The Bertz CT molecular complexity index is 698. The first-order valence-electron chi connectivity index (χ1n) is 9.01. The minimum atomic E-state index is -0.758. The number of Topliss-reactive ketones (excluding diaryl/α,β-unsaturated/α-hetero) is 1. The number of carbonyl (C=O) groups excluding carboxylic acids is 1. The standard InChI is InChI=1S/C20H24N2O2/c23-18-14-19(21-17-9-5-4-8-16(17)18)22-12-10-20(24,11-13-22)15-6-2-1-3-7-15/h1-3,6-7,24H,4-5,8-14H2. The lowest BCUT2D eigenvalue weighted by atomic mass is 9.84. The summed E-state index contributed by atoms with van der Waals surface area (Å²) in [6.07, 6.45) is 5.87. The van der Waals surface area contributed by atoms with E-state index in [1.54, 1.807) is 0 Å². The largest absolute Gasteiger partial charge is 0.385 e. The summed E-state index contributed by atoms with van der Waals surface area (Å²) in [5.41, 5.74) is 2.23. The summed E-state index contributed by atoms with van der Waals surface area (Å²) < 4.78 is 0. The molecule has 4 nitrogen and oxygen atoms in total. The molecule has 1 fully saturated rings. The van der Waals surface area contributed by atoms with E-state index in [2.05, 4.69) is 4.90 Å². The number of amidine groups is 1. The highest BCUT2D eigenvalue weighted by molar-refractivity contribution is 6.11. The molecule has 1 aliphatic carbocycles. The van der Waals surface area contributed by atoms with Crippen molar-refractivity contribution in [1.82, 2.24) is 4.90 Å². The molecule has 0 spiro atoms. The van der Waals surface area contributed by atoms with E-state index in [4.69, 9.17) is 4.99 Å². The van der Waals surface area contributed by atoms with Crippen molar-refractivity contribution in [2.75, 3.05) is 13.1 Å². The minimum Gasteiger partial charge on any atom is -0.385 e. The Morgan fingerprint density at radius 3 is 2.50 bits per heavy atom. The fourth-order valence-electron chi connectivity index (χ4n) is 4.11. The molecule has 1 aromatic carbocycles. The number of carbonyl (C=O) groups is 1. The van der Waals surface area contributed by atoms with Crippen molar-refractivity contribution in [2.24, 2.45) is 4.99 Å². The van der Waals surface area contributed by atoms with Crippen LogP contribution >= 0.6 is 0 Å². The Morgan fingerprint density at radius 1 is 1.04 bits per heavy atom. The molecule has 0 aromatic heterocycles. The number of benzene rings is 1. The first kappa shape index (κ1) is 15.6. The Morgan fingerprint density at radius 2 is 1.75 bits per heavy atom. The normalized spacial score (nSPS) is 23.8. The summed E-state index contributed by atoms with van der Waals surface area (Å²) in [5.74, 6) is 1.18. The van der Waals surface area contributed by atoms with E-state index in [-0.39, 0.29) is 5.78 Å². The number of ketones is 1. The van der Waals surface area contributed by atoms with E-state index in [0.29, 0.717) is 19.3 Å². The molecule has 0 unspecified atom stereocenters. The lowest BCUT2D eigenvalue weighted by Gasteiger charge is -2.40. The third-order valence-corrected chi connectivity index (χ3v) is 5.62. The van der Waals surface area contributed by atoms with Crippen molar-refractivity contribution >= 4 is 11.6 Å². The summed E-state index contributed by atoms with van der Waals surface area (Å²) in [5, 5.41) is 11.0. The van der Waals surface area contributed by atoms with Crippen molar-refractivity contribution in [3.63, 3.8) is 0 Å². The summed E-state index contributed by atoms with van der Waals surface area (Å²) in [6, 6.07) is 9.91. The lowest BCUT2D eigenvalue weighted by molar-refractivity contribution is -0.115. The zero-order valence-corrected chi connectivity index (χ0v) is 14.0. The Kier molecular flexibility index (Phi) is 4.01. The molecule has 3 aliphatic rings. The third-order valence-electron chi connectivity index (χ3n) is 5.62. The van der Waals surface area contributed by atoms with Crippen LogP contribution in [0.1, 0.15) is 50.5 Å². The number of rotatable bonds is 1. The molecule has 2 aliphatic heterocycles. The van der Waals surface area contributed by atoms with Crippen molar-refractivity contribution in [1.29, 1.82) is 0 Å². The van der Waals surface area contributed by atoms with Gasteiger partial charge in [-0.05, 0) is 44.1 Å². The minimum absolute atomic E-state index is 0.263. The molecule has 0 saturated carbocycles. The molecule has 4 rings (SSSR count). The van der Waals surface area contributed by atoms with Gasteiger partial charge in [0.2, 0.25) is 0 Å². The van der Waals surface area contributed by atoms with Crippen LogP contribution in [0, 0.1) is 0 Å². The van der Waals surface area contributed by atoms with E-state index in [0.717, 1.165) is 61.4 Å². The van der Waals surface area contributed by atoms with Crippen LogP contribution in [0.4, 0.5) is 0 Å². The highest BCUT2D eigenvalue weighted by Gasteiger charge is 2.36. The van der Waals surface area contributed by atoms with Crippen molar-refractivity contribution < 1.29 is 9.90 Å². The van der Waals surface area contributed by atoms with Crippen LogP contribution < -0.4 is 0 Å². The maximum atomic E-state index is 12.4. The van der Waals surface area contributed by atoms with E-state index in [9.17, 15) is 9.90 Å². The SMILES string of the molecule is O=C1CC(N2CCC(O)(c3ccccc3)CC2)=NC2=C1CCCC2. The number of nitrogens with zero attached hydrogens (tertiary/aromatic N) is 2. The molecule has 1 saturated heterocycles. The third kappa shape index (κ3) is 2.80. The predicted octanol–water partition coefficient (Wildman–Crippen LogP) is 3.17. The van der Waals surface area contributed by atoms with Gasteiger partial charge in [0.05, 0.1) is 12.0 Å². The molecular formula is C20H24N2O2. The summed E-state index contributed by atoms with van der Waals surface area (Å²) >= 11 is 0. The fraction of sp³-hybridized carbons (Fsp3) is 0.500. The van der Waals surface area contributed by atoms with Gasteiger partial charge in [-0.25, -0.2) is 4.99 Å². The van der Waals surface area contributed by atoms with Crippen LogP contribution in [0.25, 0.3) is 0 Å². The van der Waals surface area contributed by atoms with Crippen LogP contribution in [0.3, 0.4) is 0 Å². The Balaban J connectivity index is 1.49. The van der Waals surface area contributed by atoms with Crippen LogP contribution in [0.5, 0.6) is 0 Å². The van der Waals surface area contributed by atoms with Crippen LogP contribution in [-0.4, -0.2) is 34.7 Å². The summed E-state index contributed by atoms with van der Waals surface area (Å²) in [4.78, 5) is 19.4. The highest BCUT2D eigenvalue weighted by atomic mass is 16.3. The lowest BCUT2D eigenvalue weighted by Crippen LogP contribution is -2.46. The number of hydrogen-bond acceptors (Lipinski definition) is 4. The Hall–Kier alpha value is -1.94. The molecule has 4 heteroatoms. The number of allylic oxidation sites excluding steroid dienone is 2. The molecule has 24 heavy (non-hydrogen) atoms. The van der Waals surface area contributed by atoms with E-state index in [1.165, 1.54) is 0 Å². The molecule has 0 atom stereocenters. The molecule has 0 amide bonds. The second kappa shape index (κ2) is 6.17. The van der Waals surface area contributed by atoms with Gasteiger partial charge in [-0.1, -0.05) is 30.3 Å². The van der Waals surface area contributed by atoms with Gasteiger partial charge in [0.25, 0.3) is 0 Å².